The first kappa shape index (κ1) is 17.1. The van der Waals surface area contributed by atoms with Crippen molar-refractivity contribution in [3.8, 4) is 16.9 Å². The molecule has 1 atom stereocenters. The molecule has 2 heterocycles. The van der Waals surface area contributed by atoms with Gasteiger partial charge in [0.25, 0.3) is 0 Å². The Bertz CT molecular complexity index is 911. The van der Waals surface area contributed by atoms with E-state index in [1.165, 1.54) is 0 Å². The van der Waals surface area contributed by atoms with Gasteiger partial charge in [0.2, 0.25) is 0 Å². The maximum Gasteiger partial charge on any atom is 0.338 e. The first-order chi connectivity index (χ1) is 12.1. The number of pyridine rings is 1. The van der Waals surface area contributed by atoms with Crippen molar-refractivity contribution in [1.29, 1.82) is 0 Å². The summed E-state index contributed by atoms with van der Waals surface area (Å²) in [6.45, 7) is 6.88. The molecule has 0 amide bonds. The Morgan fingerprint density at radius 2 is 2.04 bits per heavy atom. The predicted octanol–water partition coefficient (Wildman–Crippen LogP) is 5.22. The summed E-state index contributed by atoms with van der Waals surface area (Å²) >= 11 is 0. The second-order valence-electron chi connectivity index (χ2n) is 6.21. The molecule has 0 aliphatic heterocycles. The molecule has 0 bridgehead atoms. The van der Waals surface area contributed by atoms with Gasteiger partial charge < -0.3 is 14.2 Å². The van der Waals surface area contributed by atoms with Crippen LogP contribution >= 0.6 is 0 Å². The van der Waals surface area contributed by atoms with E-state index in [2.05, 4.69) is 19.9 Å². The Labute approximate surface area is 147 Å². The Balaban J connectivity index is 2.21. The molecule has 3 rings (SSSR count). The van der Waals surface area contributed by atoms with Gasteiger partial charge in [0.1, 0.15) is 5.75 Å². The van der Waals surface area contributed by atoms with Gasteiger partial charge in [-0.25, -0.2) is 4.79 Å². The van der Waals surface area contributed by atoms with Crippen molar-refractivity contribution in [2.24, 2.45) is 0 Å². The van der Waals surface area contributed by atoms with Crippen molar-refractivity contribution < 1.29 is 14.6 Å². The highest BCUT2D eigenvalue weighted by atomic mass is 16.5. The van der Waals surface area contributed by atoms with Crippen LogP contribution in [-0.2, 0) is 0 Å². The summed E-state index contributed by atoms with van der Waals surface area (Å²) in [5, 5.41) is 9.74. The van der Waals surface area contributed by atoms with E-state index in [0.717, 1.165) is 28.9 Å². The predicted molar refractivity (Wildman–Crippen MR) is 99.7 cm³/mol. The van der Waals surface area contributed by atoms with Gasteiger partial charge >= 0.3 is 5.97 Å². The van der Waals surface area contributed by atoms with E-state index in [0.29, 0.717) is 23.6 Å². The molecule has 0 saturated carbocycles. The number of carbonyl (C=O) groups is 1. The van der Waals surface area contributed by atoms with Crippen LogP contribution in [0.2, 0.25) is 0 Å². The zero-order chi connectivity index (χ0) is 18.0. The number of rotatable bonds is 6. The Hall–Kier alpha value is -2.75. The highest BCUT2D eigenvalue weighted by molar-refractivity contribution is 6.03. The molecule has 0 radical (unpaired) electrons. The standard InChI is InChI=1S/C21H23NO3/c1-4-14(3)16-12-15(9-10-19(16)25-5-2)17-13-22-11-7-6-8-18(22)20(17)21(23)24/h6-14H,4-5H2,1-3H3,(H,23,24). The number of fused-ring (bicyclic) bond motifs is 1. The maximum atomic E-state index is 11.9. The molecule has 0 aliphatic rings. The van der Waals surface area contributed by atoms with Crippen LogP contribution < -0.4 is 4.74 Å². The van der Waals surface area contributed by atoms with Crippen molar-refractivity contribution in [2.75, 3.05) is 6.61 Å². The van der Waals surface area contributed by atoms with Crippen LogP contribution in [0.15, 0.2) is 48.8 Å². The fraction of sp³-hybridized carbons (Fsp3) is 0.286. The lowest BCUT2D eigenvalue weighted by Crippen LogP contribution is -2.01. The number of hydrogen-bond acceptors (Lipinski definition) is 2. The number of hydrogen-bond donors (Lipinski definition) is 1. The molecule has 4 nitrogen and oxygen atoms in total. The molecule has 1 aromatic carbocycles. The topological polar surface area (TPSA) is 50.9 Å². The minimum atomic E-state index is -0.914. The van der Waals surface area contributed by atoms with Crippen molar-refractivity contribution in [3.05, 3.63) is 59.9 Å². The summed E-state index contributed by atoms with van der Waals surface area (Å²) in [5.41, 5.74) is 3.78. The molecule has 1 unspecified atom stereocenters. The van der Waals surface area contributed by atoms with Crippen LogP contribution in [0, 0.1) is 0 Å². The zero-order valence-corrected chi connectivity index (χ0v) is 14.8. The van der Waals surface area contributed by atoms with E-state index in [9.17, 15) is 9.90 Å². The van der Waals surface area contributed by atoms with Gasteiger partial charge in [-0.2, -0.15) is 0 Å². The molecular formula is C21H23NO3. The van der Waals surface area contributed by atoms with Crippen LogP contribution in [0.4, 0.5) is 0 Å². The van der Waals surface area contributed by atoms with E-state index >= 15 is 0 Å². The van der Waals surface area contributed by atoms with Gasteiger partial charge in [0.15, 0.2) is 0 Å². The van der Waals surface area contributed by atoms with E-state index < -0.39 is 5.97 Å². The summed E-state index contributed by atoms with van der Waals surface area (Å²) in [6, 6.07) is 11.5. The summed E-state index contributed by atoms with van der Waals surface area (Å²) in [6.07, 6.45) is 4.75. The monoisotopic (exact) mass is 337 g/mol. The third kappa shape index (κ3) is 3.12. The Morgan fingerprint density at radius 3 is 2.72 bits per heavy atom. The van der Waals surface area contributed by atoms with Gasteiger partial charge in [-0.05, 0) is 54.7 Å². The molecule has 2 aromatic heterocycles. The lowest BCUT2D eigenvalue weighted by atomic mass is 9.93. The molecule has 130 valence electrons. The van der Waals surface area contributed by atoms with Gasteiger partial charge in [-0.15, -0.1) is 0 Å². The van der Waals surface area contributed by atoms with Crippen molar-refractivity contribution in [3.63, 3.8) is 0 Å². The summed E-state index contributed by atoms with van der Waals surface area (Å²) in [7, 11) is 0. The molecule has 0 aliphatic carbocycles. The second kappa shape index (κ2) is 7.01. The quantitative estimate of drug-likeness (QED) is 0.671. The second-order valence-corrected chi connectivity index (χ2v) is 6.21. The minimum absolute atomic E-state index is 0.333. The minimum Gasteiger partial charge on any atom is -0.494 e. The fourth-order valence-electron chi connectivity index (χ4n) is 3.17. The molecular weight excluding hydrogens is 314 g/mol. The van der Waals surface area contributed by atoms with Crippen LogP contribution in [0.25, 0.3) is 16.6 Å². The number of carboxylic acid groups (broad SMARTS) is 1. The van der Waals surface area contributed by atoms with Crippen LogP contribution in [0.5, 0.6) is 5.75 Å². The van der Waals surface area contributed by atoms with Gasteiger partial charge in [0, 0.05) is 18.0 Å². The smallest absolute Gasteiger partial charge is 0.338 e. The average molecular weight is 337 g/mol. The fourth-order valence-corrected chi connectivity index (χ4v) is 3.17. The molecule has 25 heavy (non-hydrogen) atoms. The molecule has 0 spiro atoms. The zero-order valence-electron chi connectivity index (χ0n) is 14.8. The van der Waals surface area contributed by atoms with Crippen LogP contribution in [-0.4, -0.2) is 22.1 Å². The van der Waals surface area contributed by atoms with Crippen LogP contribution in [0.1, 0.15) is 49.0 Å². The SMILES string of the molecule is CCOc1ccc(-c2cn3ccccc3c2C(=O)O)cc1C(C)CC. The lowest BCUT2D eigenvalue weighted by Gasteiger charge is -2.16. The van der Waals surface area contributed by atoms with E-state index in [1.807, 2.05) is 54.0 Å². The number of carboxylic acids is 1. The number of aromatic nitrogens is 1. The first-order valence-corrected chi connectivity index (χ1v) is 8.66. The normalized spacial score (nSPS) is 12.3. The molecule has 0 fully saturated rings. The van der Waals surface area contributed by atoms with E-state index in [-0.39, 0.29) is 0 Å². The van der Waals surface area contributed by atoms with E-state index in [1.54, 1.807) is 0 Å². The van der Waals surface area contributed by atoms with Crippen molar-refractivity contribution in [1.82, 2.24) is 4.40 Å². The summed E-state index contributed by atoms with van der Waals surface area (Å²) in [4.78, 5) is 11.9. The van der Waals surface area contributed by atoms with Crippen molar-refractivity contribution in [2.45, 2.75) is 33.1 Å². The van der Waals surface area contributed by atoms with Crippen LogP contribution in [0.3, 0.4) is 0 Å². The Morgan fingerprint density at radius 1 is 1.24 bits per heavy atom. The highest BCUT2D eigenvalue weighted by Gasteiger charge is 2.20. The molecule has 0 saturated heterocycles. The number of nitrogens with zero attached hydrogens (tertiary/aromatic N) is 1. The first-order valence-electron chi connectivity index (χ1n) is 8.66. The third-order valence-corrected chi connectivity index (χ3v) is 4.66. The Kier molecular flexibility index (Phi) is 4.79. The van der Waals surface area contributed by atoms with Gasteiger partial charge in [-0.1, -0.05) is 26.0 Å². The number of benzene rings is 1. The number of aromatic carboxylic acids is 1. The lowest BCUT2D eigenvalue weighted by molar-refractivity contribution is 0.0700. The number of ether oxygens (including phenoxy) is 1. The summed E-state index contributed by atoms with van der Waals surface area (Å²) in [5.74, 6) is 0.302. The largest absolute Gasteiger partial charge is 0.494 e. The average Bonchev–Trinajstić information content (AvgIpc) is 3.01. The maximum absolute atomic E-state index is 11.9. The summed E-state index contributed by atoms with van der Waals surface area (Å²) < 4.78 is 7.63. The highest BCUT2D eigenvalue weighted by Crippen LogP contribution is 2.36. The third-order valence-electron chi connectivity index (χ3n) is 4.66. The van der Waals surface area contributed by atoms with Gasteiger partial charge in [-0.3, -0.25) is 0 Å². The molecule has 3 aromatic rings. The molecule has 4 heteroatoms. The van der Waals surface area contributed by atoms with Crippen molar-refractivity contribution >= 4 is 11.5 Å². The van der Waals surface area contributed by atoms with Gasteiger partial charge in [0.05, 0.1) is 17.7 Å². The molecule has 1 N–H and O–H groups in total. The van der Waals surface area contributed by atoms with E-state index in [4.69, 9.17) is 4.74 Å².